The second-order valence-electron chi connectivity index (χ2n) is 7.77. The van der Waals surface area contributed by atoms with Gasteiger partial charge < -0.3 is 14.0 Å². The number of esters is 1. The molecule has 0 aliphatic heterocycles. The number of benzene rings is 2. The van der Waals surface area contributed by atoms with E-state index in [1.807, 2.05) is 24.3 Å². The first-order chi connectivity index (χ1) is 13.3. The lowest BCUT2D eigenvalue weighted by molar-refractivity contribution is 0.0464. The molecule has 1 heterocycles. The third kappa shape index (κ3) is 5.22. The summed E-state index contributed by atoms with van der Waals surface area (Å²) in [6.07, 6.45) is 0. The number of ether oxygens (including phenoxy) is 2. The smallest absolute Gasteiger partial charge is 0.338 e. The van der Waals surface area contributed by atoms with Crippen molar-refractivity contribution in [1.82, 2.24) is 5.16 Å². The summed E-state index contributed by atoms with van der Waals surface area (Å²) in [6, 6.07) is 17.1. The summed E-state index contributed by atoms with van der Waals surface area (Å²) in [5.41, 5.74) is 3.44. The van der Waals surface area contributed by atoms with Crippen LogP contribution < -0.4 is 4.74 Å². The summed E-state index contributed by atoms with van der Waals surface area (Å²) in [4.78, 5) is 12.1. The SMILES string of the molecule is Cc1cc(COC(=O)c2ccc(COc3ccc(C(C)(C)C)cc3)cc2)no1. The number of carbonyl (C=O) groups is 1. The summed E-state index contributed by atoms with van der Waals surface area (Å²) in [6.45, 7) is 8.86. The molecule has 0 aliphatic rings. The zero-order valence-corrected chi connectivity index (χ0v) is 16.7. The lowest BCUT2D eigenvalue weighted by atomic mass is 9.87. The van der Waals surface area contributed by atoms with E-state index in [9.17, 15) is 4.79 Å². The van der Waals surface area contributed by atoms with Crippen molar-refractivity contribution in [2.24, 2.45) is 0 Å². The monoisotopic (exact) mass is 379 g/mol. The molecule has 5 nitrogen and oxygen atoms in total. The minimum Gasteiger partial charge on any atom is -0.489 e. The summed E-state index contributed by atoms with van der Waals surface area (Å²) in [7, 11) is 0. The van der Waals surface area contributed by atoms with Crippen molar-refractivity contribution in [3.63, 3.8) is 0 Å². The van der Waals surface area contributed by atoms with Gasteiger partial charge in [0.25, 0.3) is 0 Å². The Morgan fingerprint density at radius 3 is 2.25 bits per heavy atom. The van der Waals surface area contributed by atoms with Crippen molar-refractivity contribution in [3.05, 3.63) is 82.7 Å². The van der Waals surface area contributed by atoms with Crippen LogP contribution in [0.3, 0.4) is 0 Å². The Kier molecular flexibility index (Phi) is 5.83. The third-order valence-electron chi connectivity index (χ3n) is 4.34. The van der Waals surface area contributed by atoms with Gasteiger partial charge in [0.05, 0.1) is 5.56 Å². The molecule has 3 rings (SSSR count). The zero-order valence-electron chi connectivity index (χ0n) is 16.7. The topological polar surface area (TPSA) is 61.6 Å². The lowest BCUT2D eigenvalue weighted by Crippen LogP contribution is -2.10. The van der Waals surface area contributed by atoms with Crippen LogP contribution in [0.5, 0.6) is 5.75 Å². The Morgan fingerprint density at radius 2 is 1.68 bits per heavy atom. The summed E-state index contributed by atoms with van der Waals surface area (Å²) < 4.78 is 16.0. The van der Waals surface area contributed by atoms with E-state index in [1.54, 1.807) is 25.1 Å². The maximum absolute atomic E-state index is 12.1. The second-order valence-corrected chi connectivity index (χ2v) is 7.77. The van der Waals surface area contributed by atoms with E-state index in [4.69, 9.17) is 14.0 Å². The molecule has 0 saturated heterocycles. The molecule has 0 amide bonds. The van der Waals surface area contributed by atoms with E-state index >= 15 is 0 Å². The van der Waals surface area contributed by atoms with Crippen LogP contribution in [0.2, 0.25) is 0 Å². The highest BCUT2D eigenvalue weighted by atomic mass is 16.5. The molecule has 0 aliphatic carbocycles. The van der Waals surface area contributed by atoms with Gasteiger partial charge in [0.2, 0.25) is 0 Å². The summed E-state index contributed by atoms with van der Waals surface area (Å²) >= 11 is 0. The Labute approximate surface area is 165 Å². The minimum absolute atomic E-state index is 0.0889. The molecule has 0 unspecified atom stereocenters. The maximum Gasteiger partial charge on any atom is 0.338 e. The van der Waals surface area contributed by atoms with Crippen LogP contribution >= 0.6 is 0 Å². The molecule has 28 heavy (non-hydrogen) atoms. The van der Waals surface area contributed by atoms with Gasteiger partial charge in [-0.3, -0.25) is 0 Å². The van der Waals surface area contributed by atoms with Gasteiger partial charge in [-0.2, -0.15) is 0 Å². The molecule has 146 valence electrons. The van der Waals surface area contributed by atoms with Gasteiger partial charge in [-0.15, -0.1) is 0 Å². The molecule has 1 aromatic heterocycles. The van der Waals surface area contributed by atoms with E-state index in [1.165, 1.54) is 5.56 Å². The molecule has 0 fully saturated rings. The van der Waals surface area contributed by atoms with E-state index in [-0.39, 0.29) is 12.0 Å². The second kappa shape index (κ2) is 8.30. The van der Waals surface area contributed by atoms with Gasteiger partial charge in [0.1, 0.15) is 30.4 Å². The van der Waals surface area contributed by atoms with Crippen LogP contribution in [0, 0.1) is 6.92 Å². The van der Waals surface area contributed by atoms with Crippen LogP contribution in [0.1, 0.15) is 53.7 Å². The third-order valence-corrected chi connectivity index (χ3v) is 4.34. The van der Waals surface area contributed by atoms with Gasteiger partial charge in [-0.1, -0.05) is 50.2 Å². The van der Waals surface area contributed by atoms with Crippen LogP contribution in [-0.2, 0) is 23.4 Å². The predicted molar refractivity (Wildman–Crippen MR) is 106 cm³/mol. The molecule has 0 saturated carbocycles. The van der Waals surface area contributed by atoms with Gasteiger partial charge in [-0.05, 0) is 47.7 Å². The van der Waals surface area contributed by atoms with Gasteiger partial charge in [0.15, 0.2) is 0 Å². The number of carbonyl (C=O) groups excluding carboxylic acids is 1. The highest BCUT2D eigenvalue weighted by molar-refractivity contribution is 5.89. The predicted octanol–water partition coefficient (Wildman–Crippen LogP) is 5.22. The molecule has 0 atom stereocenters. The Bertz CT molecular complexity index is 918. The van der Waals surface area contributed by atoms with E-state index in [0.29, 0.717) is 23.6 Å². The van der Waals surface area contributed by atoms with E-state index in [2.05, 4.69) is 38.1 Å². The van der Waals surface area contributed by atoms with Crippen molar-refractivity contribution in [2.75, 3.05) is 0 Å². The molecule has 5 heteroatoms. The number of aryl methyl sites for hydroxylation is 1. The van der Waals surface area contributed by atoms with Crippen molar-refractivity contribution in [3.8, 4) is 5.75 Å². The standard InChI is InChI=1S/C23H25NO4/c1-16-13-20(24-28-16)15-27-22(25)18-7-5-17(6-8-18)14-26-21-11-9-19(10-12-21)23(2,3)4/h5-13H,14-15H2,1-4H3. The molecule has 0 N–H and O–H groups in total. The molecular weight excluding hydrogens is 354 g/mol. The quantitative estimate of drug-likeness (QED) is 0.550. The Hall–Kier alpha value is -3.08. The van der Waals surface area contributed by atoms with E-state index in [0.717, 1.165) is 11.3 Å². The first-order valence-electron chi connectivity index (χ1n) is 9.23. The van der Waals surface area contributed by atoms with Crippen molar-refractivity contribution < 1.29 is 18.8 Å². The van der Waals surface area contributed by atoms with Crippen molar-refractivity contribution >= 4 is 5.97 Å². The summed E-state index contributed by atoms with van der Waals surface area (Å²) in [5, 5.41) is 3.80. The fourth-order valence-electron chi connectivity index (χ4n) is 2.66. The molecule has 0 spiro atoms. The number of aromatic nitrogens is 1. The molecule has 3 aromatic rings. The minimum atomic E-state index is -0.397. The lowest BCUT2D eigenvalue weighted by Gasteiger charge is -2.19. The first kappa shape index (κ1) is 19.7. The highest BCUT2D eigenvalue weighted by Crippen LogP contribution is 2.24. The average molecular weight is 379 g/mol. The maximum atomic E-state index is 12.1. The Balaban J connectivity index is 1.51. The van der Waals surface area contributed by atoms with Crippen LogP contribution in [0.15, 0.2) is 59.1 Å². The fourth-order valence-corrected chi connectivity index (χ4v) is 2.66. The van der Waals surface area contributed by atoms with Crippen molar-refractivity contribution in [2.45, 2.75) is 46.3 Å². The molecular formula is C23H25NO4. The van der Waals surface area contributed by atoms with E-state index < -0.39 is 5.97 Å². The van der Waals surface area contributed by atoms with Gasteiger partial charge in [0, 0.05) is 6.07 Å². The van der Waals surface area contributed by atoms with Crippen LogP contribution in [0.4, 0.5) is 0 Å². The average Bonchev–Trinajstić information content (AvgIpc) is 3.10. The first-order valence-corrected chi connectivity index (χ1v) is 9.23. The normalized spacial score (nSPS) is 11.3. The molecule has 2 aromatic carbocycles. The summed E-state index contributed by atoms with van der Waals surface area (Å²) in [5.74, 6) is 1.11. The van der Waals surface area contributed by atoms with Crippen LogP contribution in [0.25, 0.3) is 0 Å². The Morgan fingerprint density at radius 1 is 1.00 bits per heavy atom. The fraction of sp³-hybridized carbons (Fsp3) is 0.304. The van der Waals surface area contributed by atoms with Gasteiger partial charge in [-0.25, -0.2) is 4.79 Å². The number of hydrogen-bond donors (Lipinski definition) is 0. The molecule has 0 radical (unpaired) electrons. The largest absolute Gasteiger partial charge is 0.489 e. The highest BCUT2D eigenvalue weighted by Gasteiger charge is 2.13. The zero-order chi connectivity index (χ0) is 20.1. The number of rotatable bonds is 6. The van der Waals surface area contributed by atoms with Gasteiger partial charge >= 0.3 is 5.97 Å². The number of nitrogens with zero attached hydrogens (tertiary/aromatic N) is 1. The van der Waals surface area contributed by atoms with Crippen LogP contribution in [-0.4, -0.2) is 11.1 Å². The number of hydrogen-bond acceptors (Lipinski definition) is 5. The van der Waals surface area contributed by atoms with Crippen molar-refractivity contribution in [1.29, 1.82) is 0 Å². The molecule has 0 bridgehead atoms.